The number of hydrogen-bond acceptors (Lipinski definition) is 3. The van der Waals surface area contributed by atoms with Gasteiger partial charge in [-0.05, 0) is 36.6 Å². The second-order valence-electron chi connectivity index (χ2n) is 5.86. The van der Waals surface area contributed by atoms with Crippen molar-refractivity contribution in [3.05, 3.63) is 54.1 Å². The summed E-state index contributed by atoms with van der Waals surface area (Å²) in [7, 11) is 1.66. The molecule has 1 unspecified atom stereocenters. The van der Waals surface area contributed by atoms with Gasteiger partial charge in [0.1, 0.15) is 11.8 Å². The molecule has 1 fully saturated rings. The summed E-state index contributed by atoms with van der Waals surface area (Å²) in [6, 6.07) is 15.9. The Hall–Kier alpha value is -2.33. The van der Waals surface area contributed by atoms with Crippen LogP contribution in [0.3, 0.4) is 0 Å². The van der Waals surface area contributed by atoms with E-state index in [1.165, 1.54) is 0 Å². The normalized spacial score (nSPS) is 18.0. The van der Waals surface area contributed by atoms with E-state index in [0.717, 1.165) is 41.8 Å². The van der Waals surface area contributed by atoms with E-state index >= 15 is 0 Å². The van der Waals surface area contributed by atoms with Crippen molar-refractivity contribution in [2.45, 2.75) is 25.4 Å². The predicted octanol–water partition coefficient (Wildman–Crippen LogP) is 3.41. The van der Waals surface area contributed by atoms with Crippen LogP contribution in [0, 0.1) is 0 Å². The lowest BCUT2D eigenvalue weighted by atomic mass is 10.0. The number of likely N-dealkylation sites (tertiary alicyclic amines) is 1. The molecular formula is C19H21NO3. The summed E-state index contributed by atoms with van der Waals surface area (Å²) in [6.45, 7) is 1.43. The molecule has 0 spiro atoms. The van der Waals surface area contributed by atoms with Gasteiger partial charge < -0.3 is 9.84 Å². The van der Waals surface area contributed by atoms with Gasteiger partial charge in [-0.1, -0.05) is 42.5 Å². The molecule has 2 aromatic rings. The summed E-state index contributed by atoms with van der Waals surface area (Å²) in [5, 5.41) is 9.31. The molecule has 0 saturated carbocycles. The number of carboxylic acid groups (broad SMARTS) is 1. The van der Waals surface area contributed by atoms with Crippen molar-refractivity contribution < 1.29 is 14.6 Å². The van der Waals surface area contributed by atoms with E-state index in [1.54, 1.807) is 7.11 Å². The summed E-state index contributed by atoms with van der Waals surface area (Å²) in [5.74, 6) is 0.0739. The third-order valence-electron chi connectivity index (χ3n) is 4.42. The second-order valence-corrected chi connectivity index (χ2v) is 5.86. The van der Waals surface area contributed by atoms with Gasteiger partial charge in [0.25, 0.3) is 0 Å². The molecule has 1 saturated heterocycles. The number of aliphatic carboxylic acids is 1. The molecule has 0 bridgehead atoms. The molecule has 1 aliphatic heterocycles. The van der Waals surface area contributed by atoms with Crippen molar-refractivity contribution in [1.82, 2.24) is 4.90 Å². The molecule has 1 aliphatic rings. The maximum atomic E-state index is 11.3. The Morgan fingerprint density at radius 1 is 1.22 bits per heavy atom. The first-order valence-electron chi connectivity index (χ1n) is 7.88. The van der Waals surface area contributed by atoms with Gasteiger partial charge in [-0.3, -0.25) is 9.69 Å². The van der Waals surface area contributed by atoms with Crippen molar-refractivity contribution >= 4 is 5.97 Å². The first-order chi connectivity index (χ1) is 11.2. The van der Waals surface area contributed by atoms with Gasteiger partial charge in [-0.15, -0.1) is 0 Å². The van der Waals surface area contributed by atoms with Crippen molar-refractivity contribution in [1.29, 1.82) is 0 Å². The Labute approximate surface area is 136 Å². The fraction of sp³-hybridized carbons (Fsp3) is 0.316. The van der Waals surface area contributed by atoms with E-state index in [0.29, 0.717) is 6.54 Å². The number of nitrogens with zero attached hydrogens (tertiary/aromatic N) is 1. The van der Waals surface area contributed by atoms with Gasteiger partial charge >= 0.3 is 5.97 Å². The zero-order chi connectivity index (χ0) is 16.2. The first-order valence-corrected chi connectivity index (χ1v) is 7.88. The van der Waals surface area contributed by atoms with E-state index in [1.807, 2.05) is 35.2 Å². The Morgan fingerprint density at radius 3 is 2.70 bits per heavy atom. The monoisotopic (exact) mass is 311 g/mol. The van der Waals surface area contributed by atoms with Crippen molar-refractivity contribution in [2.24, 2.45) is 0 Å². The summed E-state index contributed by atoms with van der Waals surface area (Å²) in [6.07, 6.45) is 1.65. The Morgan fingerprint density at radius 2 is 2.00 bits per heavy atom. The highest BCUT2D eigenvalue weighted by atomic mass is 16.5. The maximum Gasteiger partial charge on any atom is 0.320 e. The first kappa shape index (κ1) is 15.6. The largest absolute Gasteiger partial charge is 0.496 e. The summed E-state index contributed by atoms with van der Waals surface area (Å²) < 4.78 is 5.54. The third-order valence-corrected chi connectivity index (χ3v) is 4.42. The van der Waals surface area contributed by atoms with Crippen LogP contribution in [-0.4, -0.2) is 35.7 Å². The molecule has 0 radical (unpaired) electrons. The molecule has 2 aromatic carbocycles. The van der Waals surface area contributed by atoms with Gasteiger partial charge in [-0.2, -0.15) is 0 Å². The smallest absolute Gasteiger partial charge is 0.320 e. The average molecular weight is 311 g/mol. The Kier molecular flexibility index (Phi) is 4.63. The van der Waals surface area contributed by atoms with Gasteiger partial charge in [0.2, 0.25) is 0 Å². The van der Waals surface area contributed by atoms with Gasteiger partial charge in [0.05, 0.1) is 7.11 Å². The number of carbonyl (C=O) groups is 1. The number of ether oxygens (including phenoxy) is 1. The molecule has 4 heteroatoms. The molecule has 0 aromatic heterocycles. The summed E-state index contributed by atoms with van der Waals surface area (Å²) in [5.41, 5.74) is 3.27. The molecule has 1 heterocycles. The highest BCUT2D eigenvalue weighted by Crippen LogP contribution is 2.30. The third kappa shape index (κ3) is 3.37. The molecule has 120 valence electrons. The van der Waals surface area contributed by atoms with E-state index in [2.05, 4.69) is 18.2 Å². The molecule has 23 heavy (non-hydrogen) atoms. The van der Waals surface area contributed by atoms with Crippen LogP contribution >= 0.6 is 0 Å². The fourth-order valence-corrected chi connectivity index (χ4v) is 3.20. The summed E-state index contributed by atoms with van der Waals surface area (Å²) >= 11 is 0. The number of benzene rings is 2. The van der Waals surface area contributed by atoms with E-state index in [4.69, 9.17) is 4.74 Å². The SMILES string of the molecule is COc1cc(-c2ccccc2)ccc1CN1CCCC1C(=O)O. The highest BCUT2D eigenvalue weighted by Gasteiger charge is 2.30. The topological polar surface area (TPSA) is 49.8 Å². The molecule has 1 N–H and O–H groups in total. The maximum absolute atomic E-state index is 11.3. The lowest BCUT2D eigenvalue weighted by molar-refractivity contribution is -0.142. The van der Waals surface area contributed by atoms with Crippen LogP contribution in [0.4, 0.5) is 0 Å². The van der Waals surface area contributed by atoms with E-state index in [-0.39, 0.29) is 6.04 Å². The van der Waals surface area contributed by atoms with Gasteiger partial charge in [-0.25, -0.2) is 0 Å². The average Bonchev–Trinajstić information content (AvgIpc) is 3.04. The Bertz CT molecular complexity index is 684. The quantitative estimate of drug-likeness (QED) is 0.919. The van der Waals surface area contributed by atoms with Crippen LogP contribution in [-0.2, 0) is 11.3 Å². The van der Waals surface area contributed by atoms with Crippen LogP contribution < -0.4 is 4.74 Å². The van der Waals surface area contributed by atoms with Crippen LogP contribution in [0.1, 0.15) is 18.4 Å². The predicted molar refractivity (Wildman–Crippen MR) is 89.5 cm³/mol. The van der Waals surface area contributed by atoms with Crippen LogP contribution in [0.2, 0.25) is 0 Å². The summed E-state index contributed by atoms with van der Waals surface area (Å²) in [4.78, 5) is 13.3. The van der Waals surface area contributed by atoms with Crippen molar-refractivity contribution in [3.8, 4) is 16.9 Å². The van der Waals surface area contributed by atoms with Crippen molar-refractivity contribution in [3.63, 3.8) is 0 Å². The lowest BCUT2D eigenvalue weighted by Crippen LogP contribution is -2.35. The van der Waals surface area contributed by atoms with E-state index in [9.17, 15) is 9.90 Å². The number of carboxylic acids is 1. The highest BCUT2D eigenvalue weighted by molar-refractivity contribution is 5.74. The minimum Gasteiger partial charge on any atom is -0.496 e. The minimum atomic E-state index is -0.734. The molecule has 4 nitrogen and oxygen atoms in total. The molecular weight excluding hydrogens is 290 g/mol. The van der Waals surface area contributed by atoms with Crippen molar-refractivity contribution in [2.75, 3.05) is 13.7 Å². The van der Waals surface area contributed by atoms with Crippen LogP contribution in [0.25, 0.3) is 11.1 Å². The molecule has 3 rings (SSSR count). The minimum absolute atomic E-state index is 0.381. The second kappa shape index (κ2) is 6.84. The number of methoxy groups -OCH3 is 1. The van der Waals surface area contributed by atoms with Crippen LogP contribution in [0.5, 0.6) is 5.75 Å². The van der Waals surface area contributed by atoms with Crippen LogP contribution in [0.15, 0.2) is 48.5 Å². The van der Waals surface area contributed by atoms with Gasteiger partial charge in [0, 0.05) is 12.1 Å². The molecule has 1 atom stereocenters. The standard InChI is InChI=1S/C19H21NO3/c1-23-18-12-15(14-6-3-2-4-7-14)9-10-16(18)13-20-11-5-8-17(20)19(21)22/h2-4,6-7,9-10,12,17H,5,8,11,13H2,1H3,(H,21,22). The Balaban J connectivity index is 1.84. The van der Waals surface area contributed by atoms with Gasteiger partial charge in [0.15, 0.2) is 0 Å². The zero-order valence-corrected chi connectivity index (χ0v) is 13.2. The molecule has 0 aliphatic carbocycles. The lowest BCUT2D eigenvalue weighted by Gasteiger charge is -2.22. The molecule has 0 amide bonds. The van der Waals surface area contributed by atoms with E-state index < -0.39 is 5.97 Å². The zero-order valence-electron chi connectivity index (χ0n) is 13.2. The number of hydrogen-bond donors (Lipinski definition) is 1. The fourth-order valence-electron chi connectivity index (χ4n) is 3.20. The number of rotatable bonds is 5.